The molecule has 14 N–H and O–H groups in total. The largest absolute Gasteiger partial charge is 0.390 e. The van der Waals surface area contributed by atoms with Crippen molar-refractivity contribution in [3.05, 3.63) is 145 Å². The molecule has 3 saturated heterocycles. The number of halogens is 2. The van der Waals surface area contributed by atoms with Gasteiger partial charge in [-0.3, -0.25) is 0 Å². The van der Waals surface area contributed by atoms with Crippen molar-refractivity contribution in [1.82, 2.24) is 68.1 Å². The monoisotopic (exact) mass is 1570 g/mol. The number of hydrogen-bond acceptors (Lipinski definition) is 24. The molecule has 112 heavy (non-hydrogen) atoms. The van der Waals surface area contributed by atoms with E-state index in [0.717, 1.165) is 133 Å². The van der Waals surface area contributed by atoms with Gasteiger partial charge in [-0.2, -0.15) is 0 Å². The number of aliphatic hydroxyl groups excluding tert-OH is 2. The van der Waals surface area contributed by atoms with Crippen LogP contribution >= 0.6 is 23.2 Å². The molecule has 17 rings (SSSR count). The van der Waals surface area contributed by atoms with Gasteiger partial charge in [0.05, 0.1) is 80.2 Å². The smallest absolute Gasteiger partial charge is 0.163 e. The highest BCUT2D eigenvalue weighted by Crippen LogP contribution is 2.59. The molecule has 7 aliphatic rings. The van der Waals surface area contributed by atoms with Crippen LogP contribution in [-0.2, 0) is 41.3 Å². The van der Waals surface area contributed by atoms with E-state index in [2.05, 4.69) is 104 Å². The Morgan fingerprint density at radius 2 is 0.768 bits per heavy atom. The van der Waals surface area contributed by atoms with E-state index in [1.165, 1.54) is 25.3 Å². The van der Waals surface area contributed by atoms with Crippen LogP contribution in [0.1, 0.15) is 189 Å². The topological polar surface area (TPSA) is 401 Å². The molecule has 10 aromatic heterocycles. The maximum Gasteiger partial charge on any atom is 0.163 e. The molecule has 7 fully saturated rings. The second-order valence-corrected chi connectivity index (χ2v) is 34.5. The summed E-state index contributed by atoms with van der Waals surface area (Å²) in [6.45, 7) is 28.6. The Bertz CT molecular complexity index is 5070. The fraction of sp³-hybridized carbons (Fsp3) is 0.537. The van der Waals surface area contributed by atoms with E-state index in [9.17, 15) is 10.2 Å². The van der Waals surface area contributed by atoms with Gasteiger partial charge >= 0.3 is 0 Å². The van der Waals surface area contributed by atoms with Crippen LogP contribution in [-0.4, -0.2) is 145 Å². The molecule has 0 bridgehead atoms. The highest BCUT2D eigenvalue weighted by molar-refractivity contribution is 6.33. The summed E-state index contributed by atoms with van der Waals surface area (Å²) in [5.74, 6) is 0.885. The van der Waals surface area contributed by atoms with Gasteiger partial charge in [0.25, 0.3) is 0 Å². The number of rotatable bonds is 18. The van der Waals surface area contributed by atoms with E-state index >= 15 is 0 Å². The van der Waals surface area contributed by atoms with Crippen LogP contribution in [0, 0.1) is 21.7 Å². The summed E-state index contributed by atoms with van der Waals surface area (Å²) in [4.78, 5) is 42.7. The van der Waals surface area contributed by atoms with Crippen LogP contribution in [0.3, 0.4) is 0 Å². The Morgan fingerprint density at radius 1 is 0.429 bits per heavy atom. The maximum absolute atomic E-state index is 10.8. The molecule has 30 heteroatoms. The third kappa shape index (κ3) is 15.6. The van der Waals surface area contributed by atoms with Gasteiger partial charge in [0.15, 0.2) is 17.4 Å². The fourth-order valence-corrected chi connectivity index (χ4v) is 18.8. The molecule has 600 valence electrons. The summed E-state index contributed by atoms with van der Waals surface area (Å²) < 4.78 is 46.4. The number of aryl methyl sites for hydroxylation is 2. The standard InChI is InChI=1S/C24H31ClN6O2.C21H27ClN6O2.C19H26N4O2.C17H22N4O2.CH4/c1-23(2)32-18-17(31-11-9-15-20(26)28-13-29-22(15)31)12-24(3,19(18)33-23)10-5-4-6-14-7-8-16(25)21(27)30-14;1-21(8-3-2-4-12-5-6-14(22)19(24)27-12)10-15(16(29)17(21)30)28-9-7-13-18(23)25-11-26-20(13)28;1-5-6-8-19(4)10-13(14-15(19)25-18(2,3)24-14)23-9-7-12-16(20)21-11-22-17(12)23;1-5-17(4)8-11(12-13(17)23-16(2,3)22-12)21-7-6-10-14(18)19-9-20-15(10)21;/h7-9,11,13,17-19H,4-6,10,12H2,1-3H3,(H2,27,30)(H2,26,28,29);5-7,9,11,15-17,29-30H,2-4,8,10H2,1H3,(H2,24,27)(H2,23,25,26);5,7,9,11,13-15H,1,6,8,10H2,2-4H3,(H2,20,21,22);5-7,9,11-13H,1,8H2,2-4H3,(H2,18,19,20);1H4/t17-,18+,19+,24+;15-,16+,17+,21+;13-,14+,15+,19+;11-,12+,13+,17+;/m1111./s1. The average Bonchev–Trinajstić information content (AvgIpc) is 1.58. The van der Waals surface area contributed by atoms with Crippen molar-refractivity contribution in [3.8, 4) is 0 Å². The predicted molar refractivity (Wildman–Crippen MR) is 437 cm³/mol. The normalized spacial score (nSPS) is 30.3. The van der Waals surface area contributed by atoms with Crippen molar-refractivity contribution >= 4 is 102 Å². The zero-order chi connectivity index (χ0) is 79.1. The van der Waals surface area contributed by atoms with E-state index in [1.807, 2.05) is 126 Å². The first-order valence-electron chi connectivity index (χ1n) is 38.4. The maximum atomic E-state index is 10.8. The zero-order valence-corrected chi connectivity index (χ0v) is 66.5. The Labute approximate surface area is 663 Å². The van der Waals surface area contributed by atoms with Crippen molar-refractivity contribution in [2.24, 2.45) is 21.7 Å². The van der Waals surface area contributed by atoms with Crippen molar-refractivity contribution in [1.29, 1.82) is 0 Å². The quantitative estimate of drug-likeness (QED) is 0.0292. The van der Waals surface area contributed by atoms with Gasteiger partial charge in [0, 0.05) is 41.6 Å². The Morgan fingerprint density at radius 3 is 1.14 bits per heavy atom. The van der Waals surface area contributed by atoms with Gasteiger partial charge in [-0.05, 0) is 183 Å². The lowest BCUT2D eigenvalue weighted by molar-refractivity contribution is -0.168. The van der Waals surface area contributed by atoms with E-state index < -0.39 is 35.0 Å². The predicted octanol–water partition coefficient (Wildman–Crippen LogP) is 14.0. The lowest BCUT2D eigenvalue weighted by Gasteiger charge is -2.32. The fourth-order valence-electron chi connectivity index (χ4n) is 18.6. The summed E-state index contributed by atoms with van der Waals surface area (Å²) in [6, 6.07) is 15.3. The van der Waals surface area contributed by atoms with Gasteiger partial charge in [0.2, 0.25) is 0 Å². The van der Waals surface area contributed by atoms with Crippen LogP contribution < -0.4 is 34.4 Å². The lowest BCUT2D eigenvalue weighted by atomic mass is 9.80. The SMILES string of the molecule is C.C=CCC[C@@]1(C)C[C@@H](n2ccc3c(N)ncnc32)[C@@H]2OC(C)(C)O[C@@H]21.C=C[C@@]1(C)C[C@@H](n2ccc3c(N)ncnc32)[C@@H]2OC(C)(C)O[C@@H]21.CC1(C)O[C@H]2[C@H](n3ccc4c(N)ncnc43)C[C@](C)(CCCCc3ccc(Cl)c(N)n3)[C@H]2O1.C[C@]1(CCCCc2ccc(Cl)c(N)n2)C[C@@H](n2ccc3c(N)ncnc32)[C@H](O)[C@@H]1O. The zero-order valence-electron chi connectivity index (χ0n) is 65.0. The second-order valence-electron chi connectivity index (χ2n) is 33.7. The molecule has 0 amide bonds. The second kappa shape index (κ2) is 31.3. The number of pyridine rings is 2. The minimum absolute atomic E-state index is 0. The minimum atomic E-state index is -0.875. The molecule has 0 spiro atoms. The molecule has 0 radical (unpaired) electrons. The number of allylic oxidation sites excluding steroid dienone is 1. The van der Waals surface area contributed by atoms with Crippen LogP contribution in [0.4, 0.5) is 34.9 Å². The van der Waals surface area contributed by atoms with Crippen LogP contribution in [0.15, 0.2) is 124 Å². The lowest BCUT2D eigenvalue weighted by Crippen LogP contribution is -2.34. The summed E-state index contributed by atoms with van der Waals surface area (Å²) in [6.07, 6.45) is 29.0. The summed E-state index contributed by atoms with van der Waals surface area (Å²) >= 11 is 11.9. The number of aliphatic hydroxyl groups is 2. The molecule has 4 aliphatic carbocycles. The van der Waals surface area contributed by atoms with Gasteiger partial charge < -0.3 is 91.3 Å². The first-order valence-corrected chi connectivity index (χ1v) is 39.2. The van der Waals surface area contributed by atoms with Crippen molar-refractivity contribution in [2.45, 2.75) is 257 Å². The van der Waals surface area contributed by atoms with Crippen LogP contribution in [0.2, 0.25) is 10.0 Å². The molecule has 28 nitrogen and oxygen atoms in total. The highest BCUT2D eigenvalue weighted by Gasteiger charge is 2.62. The third-order valence-corrected chi connectivity index (χ3v) is 25.0. The molecule has 0 unspecified atom stereocenters. The number of fused-ring (bicyclic) bond motifs is 7. The first kappa shape index (κ1) is 81.3. The molecular weight excluding hydrogens is 1460 g/mol. The van der Waals surface area contributed by atoms with Crippen LogP contribution in [0.25, 0.3) is 44.1 Å². The van der Waals surface area contributed by atoms with E-state index in [4.69, 9.17) is 86.0 Å². The number of nitrogens with two attached hydrogens (primary N) is 6. The summed E-state index contributed by atoms with van der Waals surface area (Å²) in [7, 11) is 0. The number of nitrogen functional groups attached to an aromatic ring is 6. The number of hydrogen-bond donors (Lipinski definition) is 8. The van der Waals surface area contributed by atoms with Gasteiger partial charge in [0.1, 0.15) is 107 Å². The number of unbranched alkanes of at least 4 members (excludes halogenated alkanes) is 2. The van der Waals surface area contributed by atoms with E-state index in [-0.39, 0.29) is 84.5 Å². The molecule has 3 aliphatic heterocycles. The van der Waals surface area contributed by atoms with Crippen molar-refractivity contribution in [3.63, 3.8) is 0 Å². The third-order valence-electron chi connectivity index (χ3n) is 24.4. The summed E-state index contributed by atoms with van der Waals surface area (Å²) in [5.41, 5.74) is 40.2. The first-order chi connectivity index (χ1) is 52.7. The average molecular weight is 1570 g/mol. The molecule has 0 aromatic carbocycles. The Kier molecular flexibility index (Phi) is 22.7. The molecule has 16 atom stereocenters. The van der Waals surface area contributed by atoms with E-state index in [1.54, 1.807) is 6.07 Å². The number of anilines is 6. The molecule has 13 heterocycles. The van der Waals surface area contributed by atoms with Gasteiger partial charge in [-0.15, -0.1) is 13.2 Å². The van der Waals surface area contributed by atoms with Gasteiger partial charge in [-0.25, -0.2) is 49.8 Å². The summed E-state index contributed by atoms with van der Waals surface area (Å²) in [5, 5.41) is 26.0. The van der Waals surface area contributed by atoms with Gasteiger partial charge in [-0.1, -0.05) is 83.3 Å². The molecule has 4 saturated carbocycles. The Balaban J connectivity index is 0.000000132. The number of ether oxygens (including phenoxy) is 6. The minimum Gasteiger partial charge on any atom is -0.390 e. The van der Waals surface area contributed by atoms with Crippen molar-refractivity contribution < 1.29 is 38.6 Å². The highest BCUT2D eigenvalue weighted by atomic mass is 35.5. The number of aromatic nitrogens is 14. The van der Waals surface area contributed by atoms with Crippen LogP contribution in [0.5, 0.6) is 0 Å². The Hall–Kier alpha value is -8.68. The molecular formula is C82H110Cl2N20O8. The van der Waals surface area contributed by atoms with Crippen molar-refractivity contribution in [2.75, 3.05) is 34.4 Å². The van der Waals surface area contributed by atoms with E-state index in [0.29, 0.717) is 57.0 Å². The number of nitrogens with zero attached hydrogens (tertiary/aromatic N) is 14. The molecule has 10 aromatic rings.